The number of halogens is 4. The van der Waals surface area contributed by atoms with E-state index in [2.05, 4.69) is 0 Å². The molecule has 2 bridgehead atoms. The number of fused-ring (bicyclic) bond motifs is 2. The lowest BCUT2D eigenvalue weighted by atomic mass is 9.65. The first kappa shape index (κ1) is 11.0. The van der Waals surface area contributed by atoms with Gasteiger partial charge in [0, 0.05) is 17.0 Å². The molecule has 0 aliphatic heterocycles. The number of rotatable bonds is 0. The van der Waals surface area contributed by atoms with Crippen molar-refractivity contribution in [3.8, 4) is 0 Å². The summed E-state index contributed by atoms with van der Waals surface area (Å²) in [5, 5.41) is 9.72. The summed E-state index contributed by atoms with van der Waals surface area (Å²) in [5.41, 5.74) is -0.223. The van der Waals surface area contributed by atoms with Crippen LogP contribution in [-0.4, -0.2) is 11.2 Å². The second-order valence-corrected chi connectivity index (χ2v) is 4.77. The van der Waals surface area contributed by atoms with Crippen LogP contribution in [0.5, 0.6) is 0 Å². The summed E-state index contributed by atoms with van der Waals surface area (Å²) >= 11 is 0. The van der Waals surface area contributed by atoms with Crippen molar-refractivity contribution in [2.45, 2.75) is 37.2 Å². The van der Waals surface area contributed by atoms with Crippen molar-refractivity contribution in [1.82, 2.24) is 0 Å². The maximum atomic E-state index is 13.7. The zero-order valence-corrected chi connectivity index (χ0v) is 8.81. The average Bonchev–Trinajstić information content (AvgIpc) is 2.33. The van der Waals surface area contributed by atoms with Crippen molar-refractivity contribution < 1.29 is 22.7 Å². The summed E-state index contributed by atoms with van der Waals surface area (Å²) in [6, 6.07) is 0. The molecule has 0 saturated heterocycles. The fourth-order valence-electron chi connectivity index (χ4n) is 3.17. The number of benzene rings is 1. The van der Waals surface area contributed by atoms with E-state index in [0.29, 0.717) is 19.3 Å². The molecule has 3 aliphatic rings. The molecule has 3 aliphatic carbocycles. The minimum atomic E-state index is -1.78. The molecule has 1 aromatic rings. The Hall–Kier alpha value is -1.10. The van der Waals surface area contributed by atoms with Crippen LogP contribution >= 0.6 is 0 Å². The van der Waals surface area contributed by atoms with Crippen LogP contribution in [0.1, 0.15) is 42.2 Å². The number of hydrogen-bond donors (Lipinski definition) is 1. The maximum Gasteiger partial charge on any atom is 0.197 e. The highest BCUT2D eigenvalue weighted by Gasteiger charge is 2.44. The van der Waals surface area contributed by atoms with E-state index < -0.39 is 41.2 Å². The van der Waals surface area contributed by atoms with Crippen molar-refractivity contribution in [2.24, 2.45) is 0 Å². The minimum Gasteiger partial charge on any atom is -0.392 e. The number of aliphatic hydroxyl groups excluding tert-OH is 1. The average molecular weight is 246 g/mol. The molecule has 0 unspecified atom stereocenters. The molecule has 0 aromatic heterocycles. The standard InChI is InChI=1S/C12H10F4O/c13-9-7-4-1-2-5(6(17)3-4)8(7)10(14)12(16)11(9)15/h4-6,17H,1-3H2/t4-,5+,6+/m0/s1. The van der Waals surface area contributed by atoms with Crippen LogP contribution in [0.25, 0.3) is 0 Å². The second kappa shape index (κ2) is 3.45. The van der Waals surface area contributed by atoms with Crippen molar-refractivity contribution in [2.75, 3.05) is 0 Å². The topological polar surface area (TPSA) is 20.2 Å². The maximum absolute atomic E-state index is 13.7. The SMILES string of the molecule is O[C@@H]1C[C@@H]2CC[C@H]1c1c(F)c(F)c(F)c(F)c12. The van der Waals surface area contributed by atoms with E-state index in [1.165, 1.54) is 0 Å². The fraction of sp³-hybridized carbons (Fsp3) is 0.500. The third-order valence-electron chi connectivity index (χ3n) is 3.94. The number of hydrogen-bond acceptors (Lipinski definition) is 1. The Morgan fingerprint density at radius 3 is 2.00 bits per heavy atom. The van der Waals surface area contributed by atoms with Crippen LogP contribution < -0.4 is 0 Å². The molecule has 17 heavy (non-hydrogen) atoms. The molecule has 1 N–H and O–H groups in total. The van der Waals surface area contributed by atoms with E-state index in [-0.39, 0.29) is 11.1 Å². The summed E-state index contributed by atoms with van der Waals surface area (Å²) in [6.45, 7) is 0. The minimum absolute atomic E-state index is 0.0667. The van der Waals surface area contributed by atoms with Crippen molar-refractivity contribution >= 4 is 0 Å². The quantitative estimate of drug-likeness (QED) is 0.424. The van der Waals surface area contributed by atoms with Crippen molar-refractivity contribution in [1.29, 1.82) is 0 Å². The van der Waals surface area contributed by atoms with E-state index in [0.717, 1.165) is 0 Å². The summed E-state index contributed by atoms with van der Waals surface area (Å²) < 4.78 is 53.6. The molecule has 0 amide bonds. The van der Waals surface area contributed by atoms with Gasteiger partial charge in [-0.25, -0.2) is 17.6 Å². The van der Waals surface area contributed by atoms with Crippen molar-refractivity contribution in [3.05, 3.63) is 34.4 Å². The summed E-state index contributed by atoms with van der Waals surface area (Å²) in [4.78, 5) is 0. The smallest absolute Gasteiger partial charge is 0.197 e. The van der Waals surface area contributed by atoms with Crippen molar-refractivity contribution in [3.63, 3.8) is 0 Å². The van der Waals surface area contributed by atoms with Gasteiger partial charge in [-0.05, 0) is 25.2 Å². The largest absolute Gasteiger partial charge is 0.392 e. The van der Waals surface area contributed by atoms with Gasteiger partial charge in [-0.3, -0.25) is 0 Å². The van der Waals surface area contributed by atoms with Crippen LogP contribution in [0, 0.1) is 23.3 Å². The Morgan fingerprint density at radius 1 is 0.824 bits per heavy atom. The Morgan fingerprint density at radius 2 is 1.41 bits per heavy atom. The highest BCUT2D eigenvalue weighted by atomic mass is 19.2. The zero-order valence-electron chi connectivity index (χ0n) is 8.81. The Bertz CT molecular complexity index is 500. The molecular weight excluding hydrogens is 236 g/mol. The van der Waals surface area contributed by atoms with Gasteiger partial charge in [0.15, 0.2) is 23.3 Å². The molecule has 92 valence electrons. The molecule has 5 heteroatoms. The lowest BCUT2D eigenvalue weighted by Gasteiger charge is -2.41. The Labute approximate surface area is 95.1 Å². The predicted molar refractivity (Wildman–Crippen MR) is 51.6 cm³/mol. The zero-order chi connectivity index (χ0) is 12.3. The molecular formula is C12H10F4O. The van der Waals surface area contributed by atoms with Crippen LogP contribution in [-0.2, 0) is 0 Å². The molecule has 3 atom stereocenters. The normalized spacial score (nSPS) is 30.5. The second-order valence-electron chi connectivity index (χ2n) is 4.77. The molecule has 1 fully saturated rings. The van der Waals surface area contributed by atoms with Crippen LogP contribution in [0.2, 0.25) is 0 Å². The molecule has 1 aromatic carbocycles. The van der Waals surface area contributed by atoms with Gasteiger partial charge in [-0.2, -0.15) is 0 Å². The van der Waals surface area contributed by atoms with Gasteiger partial charge in [0.2, 0.25) is 0 Å². The van der Waals surface area contributed by atoms with Crippen LogP contribution in [0.15, 0.2) is 0 Å². The van der Waals surface area contributed by atoms with E-state index in [1.54, 1.807) is 0 Å². The molecule has 0 heterocycles. The predicted octanol–water partition coefficient (Wildman–Crippen LogP) is 2.97. The van der Waals surface area contributed by atoms with Crippen LogP contribution in [0.4, 0.5) is 17.6 Å². The van der Waals surface area contributed by atoms with Gasteiger partial charge in [0.1, 0.15) is 0 Å². The Balaban J connectivity index is 2.33. The van der Waals surface area contributed by atoms with Crippen LogP contribution in [0.3, 0.4) is 0 Å². The molecule has 0 radical (unpaired) electrons. The molecule has 1 saturated carbocycles. The highest BCUT2D eigenvalue weighted by molar-refractivity contribution is 5.42. The summed E-state index contributed by atoms with van der Waals surface area (Å²) in [6.07, 6.45) is 0.565. The lowest BCUT2D eigenvalue weighted by molar-refractivity contribution is 0.0787. The van der Waals surface area contributed by atoms with E-state index in [4.69, 9.17) is 0 Å². The molecule has 4 rings (SSSR count). The first-order valence-corrected chi connectivity index (χ1v) is 5.56. The first-order valence-electron chi connectivity index (χ1n) is 5.56. The van der Waals surface area contributed by atoms with Gasteiger partial charge >= 0.3 is 0 Å². The Kier molecular flexibility index (Phi) is 2.23. The van der Waals surface area contributed by atoms with Gasteiger partial charge in [0.25, 0.3) is 0 Å². The summed E-state index contributed by atoms with van der Waals surface area (Å²) in [7, 11) is 0. The number of aliphatic hydroxyl groups is 1. The van der Waals surface area contributed by atoms with Gasteiger partial charge in [0.05, 0.1) is 6.10 Å². The third kappa shape index (κ3) is 1.29. The monoisotopic (exact) mass is 246 g/mol. The van der Waals surface area contributed by atoms with E-state index in [1.807, 2.05) is 0 Å². The highest BCUT2D eigenvalue weighted by Crippen LogP contribution is 2.51. The van der Waals surface area contributed by atoms with Gasteiger partial charge in [-0.15, -0.1) is 0 Å². The van der Waals surface area contributed by atoms with Gasteiger partial charge < -0.3 is 5.11 Å². The summed E-state index contributed by atoms with van der Waals surface area (Å²) in [5.74, 6) is -7.17. The molecule has 0 spiro atoms. The van der Waals surface area contributed by atoms with E-state index >= 15 is 0 Å². The van der Waals surface area contributed by atoms with Gasteiger partial charge in [-0.1, -0.05) is 0 Å². The van der Waals surface area contributed by atoms with E-state index in [9.17, 15) is 22.7 Å². The first-order chi connectivity index (χ1) is 8.02. The fourth-order valence-corrected chi connectivity index (χ4v) is 3.17. The molecule has 1 nitrogen and oxygen atoms in total. The lowest BCUT2D eigenvalue weighted by Crippen LogP contribution is -2.36. The third-order valence-corrected chi connectivity index (χ3v) is 3.94.